The molecule has 1 aromatic rings. The van der Waals surface area contributed by atoms with Crippen molar-refractivity contribution in [3.8, 4) is 0 Å². The Hall–Kier alpha value is -1.98. The fourth-order valence-corrected chi connectivity index (χ4v) is 1.74. The summed E-state index contributed by atoms with van der Waals surface area (Å²) in [5.41, 5.74) is -0.135. The normalized spacial score (nSPS) is 12.4. The van der Waals surface area contributed by atoms with Crippen molar-refractivity contribution in [3.63, 3.8) is 0 Å². The van der Waals surface area contributed by atoms with E-state index >= 15 is 0 Å². The summed E-state index contributed by atoms with van der Waals surface area (Å²) in [6, 6.07) is 3.08. The molecule has 1 aromatic carbocycles. The van der Waals surface area contributed by atoms with Gasteiger partial charge in [-0.3, -0.25) is 14.9 Å². The van der Waals surface area contributed by atoms with Gasteiger partial charge < -0.3 is 5.11 Å². The number of carboxylic acid groups (broad SMARTS) is 1. The molecule has 18 heavy (non-hydrogen) atoms. The van der Waals surface area contributed by atoms with Crippen molar-refractivity contribution in [1.82, 2.24) is 0 Å². The van der Waals surface area contributed by atoms with Gasteiger partial charge in [0.1, 0.15) is 5.82 Å². The van der Waals surface area contributed by atoms with Gasteiger partial charge >= 0.3 is 5.97 Å². The summed E-state index contributed by atoms with van der Waals surface area (Å²) >= 11 is 0. The van der Waals surface area contributed by atoms with Gasteiger partial charge in [-0.2, -0.15) is 0 Å². The molecule has 6 heteroatoms. The van der Waals surface area contributed by atoms with Crippen molar-refractivity contribution in [2.24, 2.45) is 11.8 Å². The third-order valence-corrected chi connectivity index (χ3v) is 2.80. The highest BCUT2D eigenvalue weighted by Crippen LogP contribution is 2.25. The molecule has 1 unspecified atom stereocenters. The van der Waals surface area contributed by atoms with Gasteiger partial charge in [-0.05, 0) is 24.5 Å². The molecule has 0 spiro atoms. The Bertz CT molecular complexity index is 473. The van der Waals surface area contributed by atoms with Crippen LogP contribution in [-0.4, -0.2) is 16.0 Å². The molecular weight excluding hydrogens is 241 g/mol. The number of halogens is 1. The third kappa shape index (κ3) is 3.26. The van der Waals surface area contributed by atoms with Crippen molar-refractivity contribution in [3.05, 3.63) is 39.7 Å². The molecular formula is C12H14FNO4. The van der Waals surface area contributed by atoms with Gasteiger partial charge in [-0.25, -0.2) is 4.39 Å². The summed E-state index contributed by atoms with van der Waals surface area (Å²) in [6.07, 6.45) is -0.0545. The molecule has 1 atom stereocenters. The average molecular weight is 255 g/mol. The molecule has 0 heterocycles. The molecule has 0 aliphatic rings. The molecule has 0 bridgehead atoms. The monoisotopic (exact) mass is 255 g/mol. The number of nitrogens with zero attached hydrogens (tertiary/aromatic N) is 1. The second kappa shape index (κ2) is 5.57. The maximum Gasteiger partial charge on any atom is 0.307 e. The SMILES string of the molecule is CC(C)C(Cc1cc(F)ccc1[N+](=O)[O-])C(=O)O. The minimum Gasteiger partial charge on any atom is -0.481 e. The summed E-state index contributed by atoms with van der Waals surface area (Å²) in [7, 11) is 0. The van der Waals surface area contributed by atoms with E-state index in [0.29, 0.717) is 0 Å². The van der Waals surface area contributed by atoms with E-state index < -0.39 is 22.6 Å². The minimum absolute atomic E-state index is 0.0545. The fourth-order valence-electron chi connectivity index (χ4n) is 1.74. The van der Waals surface area contributed by atoms with Gasteiger partial charge in [0, 0.05) is 11.6 Å². The predicted molar refractivity (Wildman–Crippen MR) is 62.7 cm³/mol. The maximum absolute atomic E-state index is 13.1. The van der Waals surface area contributed by atoms with Crippen LogP contribution in [0.5, 0.6) is 0 Å². The fraction of sp³-hybridized carbons (Fsp3) is 0.417. The largest absolute Gasteiger partial charge is 0.481 e. The summed E-state index contributed by atoms with van der Waals surface area (Å²) in [5.74, 6) is -2.61. The van der Waals surface area contributed by atoms with Crippen LogP contribution < -0.4 is 0 Å². The first kappa shape index (κ1) is 14.1. The van der Waals surface area contributed by atoms with Crippen molar-refractivity contribution >= 4 is 11.7 Å². The molecule has 0 saturated heterocycles. The van der Waals surface area contributed by atoms with E-state index in [-0.39, 0.29) is 23.6 Å². The first-order valence-corrected chi connectivity index (χ1v) is 5.48. The summed E-state index contributed by atoms with van der Waals surface area (Å²) in [5, 5.41) is 19.8. The van der Waals surface area contributed by atoms with Crippen LogP contribution in [-0.2, 0) is 11.2 Å². The molecule has 0 saturated carbocycles. The van der Waals surface area contributed by atoms with Crippen LogP contribution in [0.3, 0.4) is 0 Å². The smallest absolute Gasteiger partial charge is 0.307 e. The van der Waals surface area contributed by atoms with E-state index in [2.05, 4.69) is 0 Å². The lowest BCUT2D eigenvalue weighted by Gasteiger charge is -2.16. The molecule has 0 amide bonds. The van der Waals surface area contributed by atoms with Crippen molar-refractivity contribution in [2.75, 3.05) is 0 Å². The number of nitro groups is 1. The molecule has 0 aromatic heterocycles. The zero-order chi connectivity index (χ0) is 13.9. The van der Waals surface area contributed by atoms with Gasteiger partial charge in [0.2, 0.25) is 0 Å². The first-order chi connectivity index (χ1) is 8.32. The van der Waals surface area contributed by atoms with Crippen LogP contribution in [0.2, 0.25) is 0 Å². The summed E-state index contributed by atoms with van der Waals surface area (Å²) in [6.45, 7) is 3.42. The highest BCUT2D eigenvalue weighted by Gasteiger charge is 2.25. The Morgan fingerprint density at radius 3 is 2.56 bits per heavy atom. The topological polar surface area (TPSA) is 80.4 Å². The van der Waals surface area contributed by atoms with Crippen LogP contribution in [0.1, 0.15) is 19.4 Å². The van der Waals surface area contributed by atoms with Crippen molar-refractivity contribution in [1.29, 1.82) is 0 Å². The number of rotatable bonds is 5. The van der Waals surface area contributed by atoms with Crippen molar-refractivity contribution < 1.29 is 19.2 Å². The molecule has 98 valence electrons. The van der Waals surface area contributed by atoms with E-state index in [9.17, 15) is 19.3 Å². The van der Waals surface area contributed by atoms with Crippen LogP contribution >= 0.6 is 0 Å². The standard InChI is InChI=1S/C12H14FNO4/c1-7(2)10(12(15)16)6-8-5-9(13)3-4-11(8)14(17)18/h3-5,7,10H,6H2,1-2H3,(H,15,16). The van der Waals surface area contributed by atoms with E-state index in [1.165, 1.54) is 0 Å². The lowest BCUT2D eigenvalue weighted by atomic mass is 9.89. The van der Waals surface area contributed by atoms with Gasteiger partial charge in [0.25, 0.3) is 5.69 Å². The van der Waals surface area contributed by atoms with Gasteiger partial charge in [-0.15, -0.1) is 0 Å². The zero-order valence-electron chi connectivity index (χ0n) is 10.1. The first-order valence-electron chi connectivity index (χ1n) is 5.48. The minimum atomic E-state index is -1.04. The van der Waals surface area contributed by atoms with E-state index in [4.69, 9.17) is 5.11 Å². The van der Waals surface area contributed by atoms with Crippen molar-refractivity contribution in [2.45, 2.75) is 20.3 Å². The number of carbonyl (C=O) groups is 1. The molecule has 0 fully saturated rings. The quantitative estimate of drug-likeness (QED) is 0.647. The Morgan fingerprint density at radius 1 is 1.50 bits per heavy atom. The highest BCUT2D eigenvalue weighted by atomic mass is 19.1. The Morgan fingerprint density at radius 2 is 2.11 bits per heavy atom. The zero-order valence-corrected chi connectivity index (χ0v) is 10.1. The predicted octanol–water partition coefficient (Wildman–Crippen LogP) is 2.63. The number of hydrogen-bond acceptors (Lipinski definition) is 3. The Labute approximate surface area is 103 Å². The van der Waals surface area contributed by atoms with Crippen LogP contribution in [0.25, 0.3) is 0 Å². The number of carboxylic acids is 1. The molecule has 0 aliphatic carbocycles. The molecule has 0 radical (unpaired) electrons. The van der Waals surface area contributed by atoms with Crippen LogP contribution in [0.4, 0.5) is 10.1 Å². The molecule has 5 nitrogen and oxygen atoms in total. The lowest BCUT2D eigenvalue weighted by molar-refractivity contribution is -0.385. The van der Waals surface area contributed by atoms with Crippen LogP contribution in [0, 0.1) is 27.8 Å². The molecule has 0 aliphatic heterocycles. The van der Waals surface area contributed by atoms with Crippen LogP contribution in [0.15, 0.2) is 18.2 Å². The summed E-state index contributed by atoms with van der Waals surface area (Å²) < 4.78 is 13.1. The van der Waals surface area contributed by atoms with Gasteiger partial charge in [0.15, 0.2) is 0 Å². The number of benzene rings is 1. The van der Waals surface area contributed by atoms with Gasteiger partial charge in [0.05, 0.1) is 10.8 Å². The average Bonchev–Trinajstić information content (AvgIpc) is 2.24. The second-order valence-electron chi connectivity index (χ2n) is 4.42. The second-order valence-corrected chi connectivity index (χ2v) is 4.42. The molecule has 1 N–H and O–H groups in total. The number of hydrogen-bond donors (Lipinski definition) is 1. The van der Waals surface area contributed by atoms with E-state index in [1.54, 1.807) is 13.8 Å². The maximum atomic E-state index is 13.1. The molecule has 1 rings (SSSR count). The van der Waals surface area contributed by atoms with E-state index in [0.717, 1.165) is 18.2 Å². The lowest BCUT2D eigenvalue weighted by Crippen LogP contribution is -2.22. The Kier molecular flexibility index (Phi) is 4.36. The summed E-state index contributed by atoms with van der Waals surface area (Å²) in [4.78, 5) is 21.2. The number of aliphatic carboxylic acids is 1. The number of nitro benzene ring substituents is 1. The Balaban J connectivity index is 3.12. The highest BCUT2D eigenvalue weighted by molar-refractivity contribution is 5.71. The van der Waals surface area contributed by atoms with Gasteiger partial charge in [-0.1, -0.05) is 13.8 Å². The van der Waals surface area contributed by atoms with E-state index in [1.807, 2.05) is 0 Å². The third-order valence-electron chi connectivity index (χ3n) is 2.80.